The van der Waals surface area contributed by atoms with E-state index in [1.165, 1.54) is 0 Å². The maximum absolute atomic E-state index is 14.3. The van der Waals surface area contributed by atoms with E-state index in [1.54, 1.807) is 41.5 Å². The zero-order chi connectivity index (χ0) is 61.1. The molecule has 0 radical (unpaired) electrons. The third-order valence-electron chi connectivity index (χ3n) is 15.0. The van der Waals surface area contributed by atoms with E-state index in [4.69, 9.17) is 10.8 Å². The highest BCUT2D eigenvalue weighted by Crippen LogP contribution is 2.60. The lowest BCUT2D eigenvalue weighted by atomic mass is 9.49. The molecule has 0 aromatic carbocycles. The minimum atomic E-state index is -1.68. The normalized spacial score (nSPS) is 21.0. The van der Waals surface area contributed by atoms with E-state index in [1.807, 2.05) is 13.8 Å². The van der Waals surface area contributed by atoms with Gasteiger partial charge >= 0.3 is 23.9 Å². The van der Waals surface area contributed by atoms with E-state index in [0.29, 0.717) is 17.8 Å². The monoisotopic (exact) mass is 1150 g/mol. The molecule has 4 aliphatic rings. The highest BCUT2D eigenvalue weighted by atomic mass is 16.4. The summed E-state index contributed by atoms with van der Waals surface area (Å²) < 4.78 is 0. The lowest BCUT2D eigenvalue weighted by molar-refractivity contribution is -0.149. The number of carboxylic acids is 4. The van der Waals surface area contributed by atoms with Gasteiger partial charge in [0, 0.05) is 31.1 Å². The first-order valence-electron chi connectivity index (χ1n) is 28.4. The fourth-order valence-electron chi connectivity index (χ4n) is 11.6. The summed E-state index contributed by atoms with van der Waals surface area (Å²) in [6.45, 7) is 13.9. The van der Waals surface area contributed by atoms with Crippen molar-refractivity contribution >= 4 is 77.0 Å². The van der Waals surface area contributed by atoms with Crippen LogP contribution in [-0.2, 0) is 62.3 Å². The maximum Gasteiger partial charge on any atom is 0.303 e. The van der Waals surface area contributed by atoms with Crippen LogP contribution in [0.15, 0.2) is 0 Å². The van der Waals surface area contributed by atoms with Crippen molar-refractivity contribution in [1.29, 1.82) is 0 Å². The number of hydrogen-bond donors (Lipinski definition) is 13. The minimum absolute atomic E-state index is 0.0400. The summed E-state index contributed by atoms with van der Waals surface area (Å²) in [7, 11) is 0. The molecule has 14 N–H and O–H groups in total. The van der Waals surface area contributed by atoms with Crippen LogP contribution in [-0.4, -0.2) is 146 Å². The predicted molar refractivity (Wildman–Crippen MR) is 291 cm³/mol. The van der Waals surface area contributed by atoms with Gasteiger partial charge in [0.15, 0.2) is 0 Å². The van der Waals surface area contributed by atoms with Crippen LogP contribution in [0.3, 0.4) is 0 Å². The van der Waals surface area contributed by atoms with Crippen LogP contribution in [0, 0.1) is 46.8 Å². The molecule has 4 fully saturated rings. The summed E-state index contributed by atoms with van der Waals surface area (Å²) in [6.07, 6.45) is 1.17. The highest BCUT2D eigenvalue weighted by Gasteiger charge is 2.55. The molecule has 0 aromatic rings. The van der Waals surface area contributed by atoms with Crippen LogP contribution in [0.25, 0.3) is 0 Å². The lowest BCUT2D eigenvalue weighted by Gasteiger charge is -2.55. The third-order valence-corrected chi connectivity index (χ3v) is 15.0. The van der Waals surface area contributed by atoms with Gasteiger partial charge in [-0.3, -0.25) is 62.3 Å². The van der Waals surface area contributed by atoms with Crippen LogP contribution in [0.2, 0.25) is 0 Å². The number of carbonyl (C=O) groups excluding carboxylic acids is 9. The van der Waals surface area contributed by atoms with Crippen molar-refractivity contribution in [2.75, 3.05) is 0 Å². The van der Waals surface area contributed by atoms with Crippen molar-refractivity contribution in [2.45, 2.75) is 219 Å². The number of aliphatic carboxylic acids is 4. The first-order chi connectivity index (χ1) is 37.8. The molecular formula is C55H89N9O17. The average Bonchev–Trinajstić information content (AvgIpc) is 3.36. The van der Waals surface area contributed by atoms with Gasteiger partial charge in [0.05, 0.1) is 0 Å². The van der Waals surface area contributed by atoms with Gasteiger partial charge in [0.25, 0.3) is 0 Å². The van der Waals surface area contributed by atoms with Crippen molar-refractivity contribution in [3.05, 3.63) is 0 Å². The molecule has 4 rings (SSSR count). The smallest absolute Gasteiger partial charge is 0.303 e. The fourth-order valence-corrected chi connectivity index (χ4v) is 11.6. The van der Waals surface area contributed by atoms with Crippen molar-refractivity contribution in [3.8, 4) is 0 Å². The van der Waals surface area contributed by atoms with E-state index in [9.17, 15) is 77.6 Å². The second-order valence-electron chi connectivity index (χ2n) is 24.3. The Bertz CT molecular complexity index is 2250. The van der Waals surface area contributed by atoms with Crippen LogP contribution in [0.4, 0.5) is 0 Å². The summed E-state index contributed by atoms with van der Waals surface area (Å²) >= 11 is 0. The summed E-state index contributed by atoms with van der Waals surface area (Å²) in [5.41, 5.74) is 4.80. The summed E-state index contributed by atoms with van der Waals surface area (Å²) in [6, 6.07) is -11.7. The van der Waals surface area contributed by atoms with Crippen LogP contribution < -0.4 is 48.3 Å². The van der Waals surface area contributed by atoms with Gasteiger partial charge in [-0.25, -0.2) is 0 Å². The molecule has 26 nitrogen and oxygen atoms in total. The molecule has 4 aliphatic carbocycles. The molecule has 81 heavy (non-hydrogen) atoms. The highest BCUT2D eigenvalue weighted by molar-refractivity contribution is 5.98. The van der Waals surface area contributed by atoms with Gasteiger partial charge in [-0.05, 0) is 131 Å². The van der Waals surface area contributed by atoms with Crippen LogP contribution >= 0.6 is 0 Å². The second-order valence-corrected chi connectivity index (χ2v) is 24.3. The number of carboxylic acid groups (broad SMARTS) is 4. The van der Waals surface area contributed by atoms with E-state index in [0.717, 1.165) is 38.5 Å². The lowest BCUT2D eigenvalue weighted by Crippen LogP contribution is -2.61. The molecule has 456 valence electrons. The molecule has 9 amide bonds. The van der Waals surface area contributed by atoms with Crippen molar-refractivity contribution in [1.82, 2.24) is 42.5 Å². The molecule has 0 unspecified atom stereocenters. The van der Waals surface area contributed by atoms with Gasteiger partial charge in [0.2, 0.25) is 53.2 Å². The zero-order valence-corrected chi connectivity index (χ0v) is 48.1. The van der Waals surface area contributed by atoms with Gasteiger partial charge in [-0.1, -0.05) is 55.4 Å². The molecule has 26 heteroatoms. The number of nitrogens with one attached hydrogen (secondary N) is 8. The van der Waals surface area contributed by atoms with Gasteiger partial charge in [-0.2, -0.15) is 0 Å². The molecule has 0 heterocycles. The number of rotatable bonds is 37. The van der Waals surface area contributed by atoms with E-state index < -0.39 is 170 Å². The molecule has 0 saturated heterocycles. The molecule has 0 aromatic heterocycles. The van der Waals surface area contributed by atoms with Crippen molar-refractivity contribution in [3.63, 3.8) is 0 Å². The molecule has 4 bridgehead atoms. The van der Waals surface area contributed by atoms with E-state index in [2.05, 4.69) is 42.5 Å². The first-order valence-corrected chi connectivity index (χ1v) is 28.4. The van der Waals surface area contributed by atoms with Crippen LogP contribution in [0.5, 0.6) is 0 Å². The van der Waals surface area contributed by atoms with Gasteiger partial charge in [-0.15, -0.1) is 0 Å². The Labute approximate surface area is 472 Å². The number of nitrogens with two attached hydrogens (primary N) is 1. The second kappa shape index (κ2) is 31.9. The predicted octanol–water partition coefficient (Wildman–Crippen LogP) is 1.21. The number of carbonyl (C=O) groups is 13. The largest absolute Gasteiger partial charge is 0.481 e. The molecule has 0 spiro atoms. The van der Waals surface area contributed by atoms with E-state index in [-0.39, 0.29) is 61.7 Å². The molecule has 4 saturated carbocycles. The Kier molecular flexibility index (Phi) is 27.0. The third kappa shape index (κ3) is 23.2. The molecule has 0 aliphatic heterocycles. The standard InChI is InChI=1S/C55H89N9O17/c1-27(2)17-38(50(77)57-34(46(56)73)9-13-42(65)66)61-47(74)35(10-14-43(67)68)58-51(78)39(18-28(3)4)62-48(75)36(11-15-44(69)70)59-52(79)40(19-29(5)6)63-49(76)37(12-16-45(71)72)60-53(80)41(20-30(7)8)64-54(81)55-24-31-21-32(25-55)23-33(22-31)26-55/h27-41H,9-26H2,1-8H3,(H2,56,73)(H,57,77)(H,58,78)(H,59,79)(H,60,80)(H,61,74)(H,62,75)(H,63,76)(H,64,81)(H,65,66)(H,67,68)(H,69,70)(H,71,72)/t31?,32?,33?,34-,35-,36-,37-,38-,39-,40-,41-,55?/m0/s1. The van der Waals surface area contributed by atoms with Crippen molar-refractivity contribution < 1.29 is 82.8 Å². The van der Waals surface area contributed by atoms with Gasteiger partial charge < -0.3 is 68.7 Å². The Balaban J connectivity index is 1.87. The minimum Gasteiger partial charge on any atom is -0.481 e. The average molecular weight is 1150 g/mol. The maximum atomic E-state index is 14.3. The summed E-state index contributed by atoms with van der Waals surface area (Å²) in [5.74, 6) is -12.9. The summed E-state index contributed by atoms with van der Waals surface area (Å²) in [5, 5.41) is 58.4. The Morgan fingerprint density at radius 3 is 0.802 bits per heavy atom. The number of hydrogen-bond acceptors (Lipinski definition) is 13. The topological polar surface area (TPSA) is 425 Å². The van der Waals surface area contributed by atoms with E-state index >= 15 is 0 Å². The Morgan fingerprint density at radius 1 is 0.358 bits per heavy atom. The SMILES string of the molecule is CC(C)C[C@H](NC(=O)[C@H](CCC(=O)O)NC(=O)[C@H](CC(C)C)NC(=O)[C@H](CCC(=O)O)NC(=O)[C@H](CC(C)C)NC(=O)[C@H](CCC(=O)O)NC(=O)[C@H](CC(C)C)NC(=O)C12CC3CC(CC(C3)C1)C2)C(=O)N[C@@H](CCC(=O)O)C(N)=O. The fraction of sp³-hybridized carbons (Fsp3) is 0.764. The summed E-state index contributed by atoms with van der Waals surface area (Å²) in [4.78, 5) is 171. The first kappa shape index (κ1) is 68.4. The van der Waals surface area contributed by atoms with Crippen LogP contribution in [0.1, 0.15) is 171 Å². The zero-order valence-electron chi connectivity index (χ0n) is 48.1. The molecule has 8 atom stereocenters. The number of primary amides is 1. The molecular weight excluding hydrogens is 1060 g/mol. The Hall–Kier alpha value is -6.89. The number of amides is 9. The van der Waals surface area contributed by atoms with Gasteiger partial charge in [0.1, 0.15) is 48.3 Å². The van der Waals surface area contributed by atoms with Crippen molar-refractivity contribution in [2.24, 2.45) is 52.6 Å². The quantitative estimate of drug-likeness (QED) is 0.0416. The Morgan fingerprint density at radius 2 is 0.568 bits per heavy atom.